The molecule has 1 aromatic carbocycles. The molecule has 0 saturated carbocycles. The normalized spacial score (nSPS) is 13.9. The van der Waals surface area contributed by atoms with E-state index in [-0.39, 0.29) is 22.7 Å². The summed E-state index contributed by atoms with van der Waals surface area (Å²) in [6, 6.07) is 3.68. The number of nitrogens with two attached hydrogens (primary N) is 1. The number of halogens is 2. The van der Waals surface area contributed by atoms with Gasteiger partial charge >= 0.3 is 0 Å². The lowest BCUT2D eigenvalue weighted by Gasteiger charge is -2.22. The minimum Gasteiger partial charge on any atom is -0.479 e. The van der Waals surface area contributed by atoms with Crippen molar-refractivity contribution >= 4 is 17.5 Å². The molecular formula is C15H22ClFN2O2. The van der Waals surface area contributed by atoms with Crippen molar-refractivity contribution in [2.45, 2.75) is 39.3 Å². The van der Waals surface area contributed by atoms with E-state index in [2.05, 4.69) is 19.2 Å². The molecule has 0 bridgehead atoms. The molecule has 2 atom stereocenters. The first-order chi connectivity index (χ1) is 9.83. The van der Waals surface area contributed by atoms with Crippen molar-refractivity contribution in [2.24, 2.45) is 11.7 Å². The van der Waals surface area contributed by atoms with Gasteiger partial charge in [0.15, 0.2) is 6.10 Å². The number of carbonyl (C=O) groups is 1. The topological polar surface area (TPSA) is 64.3 Å². The smallest absolute Gasteiger partial charge is 0.261 e. The molecule has 0 saturated heterocycles. The van der Waals surface area contributed by atoms with E-state index in [0.29, 0.717) is 12.5 Å². The van der Waals surface area contributed by atoms with Gasteiger partial charge in [-0.05, 0) is 37.5 Å². The summed E-state index contributed by atoms with van der Waals surface area (Å²) in [5.41, 5.74) is 5.64. The van der Waals surface area contributed by atoms with Crippen molar-refractivity contribution in [1.82, 2.24) is 5.32 Å². The largest absolute Gasteiger partial charge is 0.479 e. The highest BCUT2D eigenvalue weighted by molar-refractivity contribution is 6.32. The Kier molecular flexibility index (Phi) is 6.92. The fourth-order valence-electron chi connectivity index (χ4n) is 1.92. The molecule has 0 heterocycles. The van der Waals surface area contributed by atoms with Crippen molar-refractivity contribution in [3.8, 4) is 5.75 Å². The van der Waals surface area contributed by atoms with Crippen LogP contribution in [-0.2, 0) is 4.79 Å². The van der Waals surface area contributed by atoms with Crippen LogP contribution >= 0.6 is 11.6 Å². The zero-order valence-corrected chi connectivity index (χ0v) is 13.3. The predicted octanol–water partition coefficient (Wildman–Crippen LogP) is 2.74. The number of rotatable bonds is 7. The highest BCUT2D eigenvalue weighted by Gasteiger charge is 2.20. The molecule has 0 fully saturated rings. The summed E-state index contributed by atoms with van der Waals surface area (Å²) in [5, 5.41) is 2.97. The first-order valence-corrected chi connectivity index (χ1v) is 7.33. The minimum absolute atomic E-state index is 0.0905. The van der Waals surface area contributed by atoms with E-state index in [4.69, 9.17) is 22.1 Å². The van der Waals surface area contributed by atoms with Crippen LogP contribution in [0.15, 0.2) is 18.2 Å². The van der Waals surface area contributed by atoms with Crippen molar-refractivity contribution in [3.05, 3.63) is 29.0 Å². The van der Waals surface area contributed by atoms with Gasteiger partial charge in [0.1, 0.15) is 11.6 Å². The third-order valence-corrected chi connectivity index (χ3v) is 3.25. The number of benzene rings is 1. The minimum atomic E-state index is -0.742. The summed E-state index contributed by atoms with van der Waals surface area (Å²) in [4.78, 5) is 12.1. The Bertz CT molecular complexity index is 483. The zero-order valence-electron chi connectivity index (χ0n) is 12.5. The molecule has 1 aromatic rings. The maximum Gasteiger partial charge on any atom is 0.261 e. The summed E-state index contributed by atoms with van der Waals surface area (Å²) in [7, 11) is 0. The Morgan fingerprint density at radius 1 is 1.43 bits per heavy atom. The van der Waals surface area contributed by atoms with Gasteiger partial charge in [-0.25, -0.2) is 4.39 Å². The molecule has 1 amide bonds. The summed E-state index contributed by atoms with van der Waals surface area (Å²) < 4.78 is 18.4. The van der Waals surface area contributed by atoms with Crippen LogP contribution in [0.3, 0.4) is 0 Å². The number of carbonyl (C=O) groups excluding carboxylic acids is 1. The van der Waals surface area contributed by atoms with E-state index in [1.165, 1.54) is 12.1 Å². The Morgan fingerprint density at radius 3 is 2.62 bits per heavy atom. The van der Waals surface area contributed by atoms with Gasteiger partial charge in [-0.2, -0.15) is 0 Å². The number of ether oxygens (including phenoxy) is 1. The highest BCUT2D eigenvalue weighted by atomic mass is 35.5. The zero-order chi connectivity index (χ0) is 16.0. The molecular weight excluding hydrogens is 295 g/mol. The molecule has 118 valence electrons. The molecule has 3 N–H and O–H groups in total. The van der Waals surface area contributed by atoms with Crippen molar-refractivity contribution < 1.29 is 13.9 Å². The van der Waals surface area contributed by atoms with Crippen LogP contribution in [0.1, 0.15) is 27.2 Å². The second-order valence-corrected chi connectivity index (χ2v) is 5.81. The van der Waals surface area contributed by atoms with E-state index in [1.807, 2.05) is 0 Å². The Morgan fingerprint density at radius 2 is 2.10 bits per heavy atom. The molecule has 1 rings (SSSR count). The van der Waals surface area contributed by atoms with E-state index in [1.54, 1.807) is 6.92 Å². The molecule has 4 nitrogen and oxygen atoms in total. The molecule has 0 spiro atoms. The van der Waals surface area contributed by atoms with E-state index in [0.717, 1.165) is 12.5 Å². The van der Waals surface area contributed by atoms with Crippen LogP contribution in [0.25, 0.3) is 0 Å². The maximum absolute atomic E-state index is 12.9. The van der Waals surface area contributed by atoms with Crippen molar-refractivity contribution in [2.75, 3.05) is 6.54 Å². The average Bonchev–Trinajstić information content (AvgIpc) is 2.40. The van der Waals surface area contributed by atoms with E-state index < -0.39 is 11.9 Å². The molecule has 0 aromatic heterocycles. The number of amides is 1. The van der Waals surface area contributed by atoms with Crippen molar-refractivity contribution in [3.63, 3.8) is 0 Å². The van der Waals surface area contributed by atoms with Gasteiger partial charge in [0.25, 0.3) is 5.91 Å². The summed E-state index contributed by atoms with van der Waals surface area (Å²) in [5.74, 6) is -0.0217. The summed E-state index contributed by atoms with van der Waals surface area (Å²) in [6.07, 6.45) is 0.0564. The van der Waals surface area contributed by atoms with Gasteiger partial charge in [0.05, 0.1) is 5.02 Å². The van der Waals surface area contributed by atoms with E-state index >= 15 is 0 Å². The Balaban J connectivity index is 2.61. The lowest BCUT2D eigenvalue weighted by atomic mass is 10.0. The molecule has 0 aliphatic heterocycles. The quantitative estimate of drug-likeness (QED) is 0.813. The molecule has 0 aliphatic carbocycles. The lowest BCUT2D eigenvalue weighted by molar-refractivity contribution is -0.128. The number of hydrogen-bond acceptors (Lipinski definition) is 3. The van der Waals surface area contributed by atoms with E-state index in [9.17, 15) is 9.18 Å². The molecule has 6 heteroatoms. The van der Waals surface area contributed by atoms with Crippen LogP contribution in [0, 0.1) is 11.7 Å². The Labute approximate surface area is 129 Å². The van der Waals surface area contributed by atoms with Gasteiger partial charge < -0.3 is 15.8 Å². The van der Waals surface area contributed by atoms with Gasteiger partial charge in [-0.1, -0.05) is 25.4 Å². The number of hydrogen-bond donors (Lipinski definition) is 2. The second kappa shape index (κ2) is 8.20. The van der Waals surface area contributed by atoms with Gasteiger partial charge in [0, 0.05) is 12.6 Å². The first-order valence-electron chi connectivity index (χ1n) is 6.95. The third kappa shape index (κ3) is 5.89. The van der Waals surface area contributed by atoms with Gasteiger partial charge in [0.2, 0.25) is 0 Å². The van der Waals surface area contributed by atoms with Crippen LogP contribution in [0.4, 0.5) is 4.39 Å². The average molecular weight is 317 g/mol. The molecule has 0 radical (unpaired) electrons. The molecule has 0 aliphatic rings. The highest BCUT2D eigenvalue weighted by Crippen LogP contribution is 2.25. The maximum atomic E-state index is 12.9. The monoisotopic (exact) mass is 316 g/mol. The van der Waals surface area contributed by atoms with Gasteiger partial charge in [-0.3, -0.25) is 4.79 Å². The SMILES string of the molecule is CC(C)CC(CN)NC(=O)C(C)Oc1ccc(F)cc1Cl. The van der Waals surface area contributed by atoms with Crippen molar-refractivity contribution in [1.29, 1.82) is 0 Å². The van der Waals surface area contributed by atoms with Gasteiger partial charge in [-0.15, -0.1) is 0 Å². The fourth-order valence-corrected chi connectivity index (χ4v) is 2.13. The van der Waals surface area contributed by atoms with Crippen LogP contribution < -0.4 is 15.8 Å². The van der Waals surface area contributed by atoms with Crippen LogP contribution in [-0.4, -0.2) is 24.6 Å². The standard InChI is InChI=1S/C15H22ClFN2O2/c1-9(2)6-12(8-18)19-15(20)10(3)21-14-5-4-11(17)7-13(14)16/h4-5,7,9-10,12H,6,8,18H2,1-3H3,(H,19,20). The van der Waals surface area contributed by atoms with Crippen LogP contribution in [0.5, 0.6) is 5.75 Å². The summed E-state index contributed by atoms with van der Waals surface area (Å²) in [6.45, 7) is 6.10. The molecule has 2 unspecified atom stereocenters. The fraction of sp³-hybridized carbons (Fsp3) is 0.533. The lowest BCUT2D eigenvalue weighted by Crippen LogP contribution is -2.46. The van der Waals surface area contributed by atoms with Crippen LogP contribution in [0.2, 0.25) is 5.02 Å². The summed E-state index contributed by atoms with van der Waals surface area (Å²) >= 11 is 5.86. The first kappa shape index (κ1) is 17.7. The predicted molar refractivity (Wildman–Crippen MR) is 81.9 cm³/mol. The third-order valence-electron chi connectivity index (χ3n) is 2.95. The molecule has 21 heavy (non-hydrogen) atoms. The number of nitrogens with one attached hydrogen (secondary N) is 1. The Hall–Kier alpha value is -1.33. The second-order valence-electron chi connectivity index (χ2n) is 5.41.